The van der Waals surface area contributed by atoms with Crippen LogP contribution < -0.4 is 5.32 Å². The van der Waals surface area contributed by atoms with Gasteiger partial charge >= 0.3 is 6.03 Å². The molecular formula is C18H24N4O. The zero-order chi connectivity index (χ0) is 16.4. The van der Waals surface area contributed by atoms with Crippen molar-refractivity contribution in [3.05, 3.63) is 29.6 Å². The van der Waals surface area contributed by atoms with Gasteiger partial charge in [0.05, 0.1) is 22.4 Å². The van der Waals surface area contributed by atoms with Crippen LogP contribution in [0.5, 0.6) is 0 Å². The van der Waals surface area contributed by atoms with Crippen molar-refractivity contribution < 1.29 is 4.79 Å². The Bertz CT molecular complexity index is 722. The van der Waals surface area contributed by atoms with Crippen molar-refractivity contribution in [1.29, 1.82) is 0 Å². The van der Waals surface area contributed by atoms with Gasteiger partial charge in [-0.2, -0.15) is 0 Å². The number of fused-ring (bicyclic) bond motifs is 1. The lowest BCUT2D eigenvalue weighted by molar-refractivity contribution is 0.186. The number of hydrogen-bond acceptors (Lipinski definition) is 3. The van der Waals surface area contributed by atoms with Gasteiger partial charge in [-0.05, 0) is 44.9 Å². The highest BCUT2D eigenvalue weighted by Crippen LogP contribution is 2.23. The highest BCUT2D eigenvalue weighted by molar-refractivity contribution is 5.91. The van der Waals surface area contributed by atoms with Crippen LogP contribution in [0.3, 0.4) is 0 Å². The highest BCUT2D eigenvalue weighted by Gasteiger charge is 2.22. The number of aryl methyl sites for hydroxylation is 2. The molecule has 1 aliphatic carbocycles. The molecule has 1 aromatic carbocycles. The molecule has 2 aromatic rings. The Kier molecular flexibility index (Phi) is 4.46. The van der Waals surface area contributed by atoms with E-state index in [4.69, 9.17) is 0 Å². The average Bonchev–Trinajstić information content (AvgIpc) is 2.56. The summed E-state index contributed by atoms with van der Waals surface area (Å²) in [4.78, 5) is 23.4. The van der Waals surface area contributed by atoms with Crippen molar-refractivity contribution in [2.75, 3.05) is 12.4 Å². The second-order valence-electron chi connectivity index (χ2n) is 6.43. The van der Waals surface area contributed by atoms with Gasteiger partial charge in [-0.15, -0.1) is 0 Å². The van der Waals surface area contributed by atoms with E-state index in [1.165, 1.54) is 19.3 Å². The molecule has 0 radical (unpaired) electrons. The average molecular weight is 312 g/mol. The number of nitrogens with one attached hydrogen (secondary N) is 1. The zero-order valence-electron chi connectivity index (χ0n) is 14.1. The third-order valence-corrected chi connectivity index (χ3v) is 4.77. The van der Waals surface area contributed by atoms with E-state index in [0.29, 0.717) is 6.04 Å². The minimum absolute atomic E-state index is 0.0481. The van der Waals surface area contributed by atoms with Crippen LogP contribution in [0.2, 0.25) is 0 Å². The standard InChI is InChI=1S/C18H24N4O/c1-12-13(2)20-17-11-14(9-10-16(17)19-12)21-18(23)22(3)15-7-5-4-6-8-15/h9-11,15H,4-8H2,1-3H3,(H,21,23). The number of rotatable bonds is 2. The lowest BCUT2D eigenvalue weighted by atomic mass is 9.95. The first-order chi connectivity index (χ1) is 11.0. The summed E-state index contributed by atoms with van der Waals surface area (Å²) in [5.74, 6) is 0. The summed E-state index contributed by atoms with van der Waals surface area (Å²) in [6.07, 6.45) is 5.92. The first kappa shape index (κ1) is 15.7. The number of amides is 2. The van der Waals surface area contributed by atoms with Crippen LogP contribution in [-0.4, -0.2) is 34.0 Å². The van der Waals surface area contributed by atoms with Gasteiger partial charge in [0, 0.05) is 18.8 Å². The summed E-state index contributed by atoms with van der Waals surface area (Å²) in [6.45, 7) is 3.90. The van der Waals surface area contributed by atoms with Gasteiger partial charge in [-0.1, -0.05) is 19.3 Å². The van der Waals surface area contributed by atoms with Crippen LogP contribution in [0.4, 0.5) is 10.5 Å². The normalized spacial score (nSPS) is 15.6. The Morgan fingerprint density at radius 2 is 1.74 bits per heavy atom. The van der Waals surface area contributed by atoms with Crippen LogP contribution in [-0.2, 0) is 0 Å². The fourth-order valence-electron chi connectivity index (χ4n) is 3.15. The molecule has 1 N–H and O–H groups in total. The van der Waals surface area contributed by atoms with E-state index in [1.807, 2.05) is 44.0 Å². The van der Waals surface area contributed by atoms with Crippen molar-refractivity contribution in [3.8, 4) is 0 Å². The van der Waals surface area contributed by atoms with Gasteiger partial charge in [0.1, 0.15) is 0 Å². The molecule has 5 nitrogen and oxygen atoms in total. The summed E-state index contributed by atoms with van der Waals surface area (Å²) in [5.41, 5.74) is 4.28. The molecule has 1 heterocycles. The Balaban J connectivity index is 1.75. The molecule has 0 spiro atoms. The Labute approximate surface area is 137 Å². The van der Waals surface area contributed by atoms with Crippen LogP contribution in [0, 0.1) is 13.8 Å². The predicted molar refractivity (Wildman–Crippen MR) is 92.7 cm³/mol. The fourth-order valence-corrected chi connectivity index (χ4v) is 3.15. The van der Waals surface area contributed by atoms with E-state index in [-0.39, 0.29) is 6.03 Å². The number of carbonyl (C=O) groups is 1. The first-order valence-corrected chi connectivity index (χ1v) is 8.33. The quantitative estimate of drug-likeness (QED) is 0.910. The predicted octanol–water partition coefficient (Wildman–Crippen LogP) is 4.04. The molecule has 3 rings (SSSR count). The summed E-state index contributed by atoms with van der Waals surface area (Å²) in [5, 5.41) is 2.98. The smallest absolute Gasteiger partial charge is 0.321 e. The molecule has 1 aromatic heterocycles. The van der Waals surface area contributed by atoms with Gasteiger partial charge in [-0.25, -0.2) is 14.8 Å². The number of carbonyl (C=O) groups excluding carboxylic acids is 1. The number of urea groups is 1. The summed E-state index contributed by atoms with van der Waals surface area (Å²) in [6, 6.07) is 5.99. The van der Waals surface area contributed by atoms with Gasteiger partial charge in [0.25, 0.3) is 0 Å². The minimum Gasteiger partial charge on any atom is -0.325 e. The topological polar surface area (TPSA) is 58.1 Å². The van der Waals surface area contributed by atoms with Crippen molar-refractivity contribution >= 4 is 22.8 Å². The van der Waals surface area contributed by atoms with E-state index in [2.05, 4.69) is 15.3 Å². The second kappa shape index (κ2) is 6.52. The van der Waals surface area contributed by atoms with Crippen molar-refractivity contribution in [2.45, 2.75) is 52.0 Å². The molecule has 0 aliphatic heterocycles. The molecule has 122 valence electrons. The van der Waals surface area contributed by atoms with Crippen LogP contribution in [0.15, 0.2) is 18.2 Å². The van der Waals surface area contributed by atoms with Crippen LogP contribution in [0.25, 0.3) is 11.0 Å². The molecule has 2 amide bonds. The van der Waals surface area contributed by atoms with Gasteiger partial charge in [-0.3, -0.25) is 0 Å². The van der Waals surface area contributed by atoms with Crippen molar-refractivity contribution in [1.82, 2.24) is 14.9 Å². The van der Waals surface area contributed by atoms with Crippen LogP contribution in [0.1, 0.15) is 43.5 Å². The van der Waals surface area contributed by atoms with Crippen molar-refractivity contribution in [2.24, 2.45) is 0 Å². The summed E-state index contributed by atoms with van der Waals surface area (Å²) in [7, 11) is 1.89. The molecular weight excluding hydrogens is 288 g/mol. The summed E-state index contributed by atoms with van der Waals surface area (Å²) >= 11 is 0. The minimum atomic E-state index is -0.0481. The van der Waals surface area contributed by atoms with Gasteiger partial charge in [0.2, 0.25) is 0 Å². The van der Waals surface area contributed by atoms with E-state index in [9.17, 15) is 4.79 Å². The third-order valence-electron chi connectivity index (χ3n) is 4.77. The number of nitrogens with zero attached hydrogens (tertiary/aromatic N) is 3. The molecule has 1 saturated carbocycles. The monoisotopic (exact) mass is 312 g/mol. The molecule has 1 fully saturated rings. The van der Waals surface area contributed by atoms with E-state index in [1.54, 1.807) is 0 Å². The molecule has 23 heavy (non-hydrogen) atoms. The number of aromatic nitrogens is 2. The number of benzene rings is 1. The van der Waals surface area contributed by atoms with Gasteiger partial charge in [0.15, 0.2) is 0 Å². The van der Waals surface area contributed by atoms with Gasteiger partial charge < -0.3 is 10.2 Å². The zero-order valence-corrected chi connectivity index (χ0v) is 14.1. The molecule has 0 atom stereocenters. The maximum atomic E-state index is 12.4. The molecule has 5 heteroatoms. The lowest BCUT2D eigenvalue weighted by Gasteiger charge is -2.31. The largest absolute Gasteiger partial charge is 0.325 e. The summed E-state index contributed by atoms with van der Waals surface area (Å²) < 4.78 is 0. The number of anilines is 1. The molecule has 1 aliphatic rings. The van der Waals surface area contributed by atoms with E-state index >= 15 is 0 Å². The fraction of sp³-hybridized carbons (Fsp3) is 0.500. The Hall–Kier alpha value is -2.17. The first-order valence-electron chi connectivity index (χ1n) is 8.33. The third kappa shape index (κ3) is 3.44. The van der Waals surface area contributed by atoms with Crippen LogP contribution >= 0.6 is 0 Å². The van der Waals surface area contributed by atoms with E-state index in [0.717, 1.165) is 41.0 Å². The molecule has 0 saturated heterocycles. The SMILES string of the molecule is Cc1nc2ccc(NC(=O)N(C)C3CCCCC3)cc2nc1C. The highest BCUT2D eigenvalue weighted by atomic mass is 16.2. The maximum absolute atomic E-state index is 12.4. The maximum Gasteiger partial charge on any atom is 0.321 e. The van der Waals surface area contributed by atoms with E-state index < -0.39 is 0 Å². The van der Waals surface area contributed by atoms with Crippen molar-refractivity contribution in [3.63, 3.8) is 0 Å². The second-order valence-corrected chi connectivity index (χ2v) is 6.43. The Morgan fingerprint density at radius 3 is 2.43 bits per heavy atom. The molecule has 0 bridgehead atoms. The lowest BCUT2D eigenvalue weighted by Crippen LogP contribution is -2.40. The number of hydrogen-bond donors (Lipinski definition) is 1. The molecule has 0 unspecified atom stereocenters. The Morgan fingerprint density at radius 1 is 1.09 bits per heavy atom.